The third-order valence-electron chi connectivity index (χ3n) is 3.93. The molecule has 0 bridgehead atoms. The number of pyridine rings is 1. The summed E-state index contributed by atoms with van der Waals surface area (Å²) in [6.07, 6.45) is 5.31. The van der Waals surface area contributed by atoms with Gasteiger partial charge in [0.05, 0.1) is 10.6 Å². The van der Waals surface area contributed by atoms with E-state index in [1.165, 1.54) is 0 Å². The number of nitrogens with zero attached hydrogens (tertiary/aromatic N) is 4. The third-order valence-corrected chi connectivity index (χ3v) is 4.76. The van der Waals surface area contributed by atoms with Crippen LogP contribution in [0.2, 0.25) is 0 Å². The minimum Gasteiger partial charge on any atom is -0.353 e. The molecule has 0 radical (unpaired) electrons. The smallest absolute Gasteiger partial charge is 0.253 e. The second-order valence-electron chi connectivity index (χ2n) is 5.66. The summed E-state index contributed by atoms with van der Waals surface area (Å²) in [5.41, 5.74) is 0.604. The zero-order chi connectivity index (χ0) is 16.8. The maximum absolute atomic E-state index is 12.4. The number of amides is 1. The van der Waals surface area contributed by atoms with Crippen LogP contribution in [0.4, 0.5) is 5.82 Å². The lowest BCUT2D eigenvalue weighted by molar-refractivity contribution is 0.0932. The van der Waals surface area contributed by atoms with Gasteiger partial charge in [-0.15, -0.1) is 16.9 Å². The normalized spacial score (nSPS) is 17.5. The maximum atomic E-state index is 12.4. The molecule has 24 heavy (non-hydrogen) atoms. The molecule has 3 heterocycles. The number of carbonyl (C=O) groups excluding carboxylic acids is 1. The van der Waals surface area contributed by atoms with E-state index < -0.39 is 0 Å². The summed E-state index contributed by atoms with van der Waals surface area (Å²) in [5, 5.41) is 12.1. The van der Waals surface area contributed by atoms with Gasteiger partial charge < -0.3 is 10.2 Å². The molecule has 1 aliphatic rings. The molecule has 0 unspecified atom stereocenters. The molecule has 1 saturated heterocycles. The van der Waals surface area contributed by atoms with E-state index >= 15 is 0 Å². The van der Waals surface area contributed by atoms with Crippen LogP contribution in [0.25, 0.3) is 0 Å². The van der Waals surface area contributed by atoms with Crippen LogP contribution in [0.15, 0.2) is 41.7 Å². The van der Waals surface area contributed by atoms with Gasteiger partial charge in [-0.2, -0.15) is 5.10 Å². The second-order valence-corrected chi connectivity index (χ2v) is 6.94. The van der Waals surface area contributed by atoms with Gasteiger partial charge in [-0.1, -0.05) is 6.92 Å². The van der Waals surface area contributed by atoms with Crippen LogP contribution in [0.1, 0.15) is 30.1 Å². The summed E-state index contributed by atoms with van der Waals surface area (Å²) >= 11 is 1.67. The van der Waals surface area contributed by atoms with E-state index in [0.29, 0.717) is 5.56 Å². The average Bonchev–Trinajstić information content (AvgIpc) is 2.63. The fraction of sp³-hybridized carbons (Fsp3) is 0.412. The summed E-state index contributed by atoms with van der Waals surface area (Å²) in [5.74, 6) is 1.76. The Hall–Kier alpha value is -2.15. The van der Waals surface area contributed by atoms with Crippen molar-refractivity contribution >= 4 is 23.5 Å². The summed E-state index contributed by atoms with van der Waals surface area (Å²) in [6.45, 7) is 3.77. The van der Waals surface area contributed by atoms with Crippen LogP contribution in [0, 0.1) is 0 Å². The highest BCUT2D eigenvalue weighted by molar-refractivity contribution is 7.99. The fourth-order valence-corrected chi connectivity index (χ4v) is 3.37. The Bertz CT molecular complexity index is 664. The first-order chi connectivity index (χ1) is 11.8. The van der Waals surface area contributed by atoms with Gasteiger partial charge in [0.25, 0.3) is 5.91 Å². The summed E-state index contributed by atoms with van der Waals surface area (Å²) in [6, 6.07) is 7.68. The molecule has 1 amide bonds. The van der Waals surface area contributed by atoms with E-state index in [0.717, 1.165) is 42.5 Å². The lowest BCUT2D eigenvalue weighted by atomic mass is 10.1. The van der Waals surface area contributed by atoms with Gasteiger partial charge in [-0.25, -0.2) is 4.98 Å². The second kappa shape index (κ2) is 8.10. The predicted molar refractivity (Wildman–Crippen MR) is 95.4 cm³/mol. The predicted octanol–water partition coefficient (Wildman–Crippen LogP) is 2.38. The number of hydrogen-bond acceptors (Lipinski definition) is 6. The first-order valence-electron chi connectivity index (χ1n) is 8.18. The van der Waals surface area contributed by atoms with Gasteiger partial charge in [-0.05, 0) is 42.9 Å². The van der Waals surface area contributed by atoms with Crippen molar-refractivity contribution in [3.63, 3.8) is 0 Å². The molecule has 1 aliphatic heterocycles. The Morgan fingerprint density at radius 1 is 1.42 bits per heavy atom. The maximum Gasteiger partial charge on any atom is 0.253 e. The molecule has 1 N–H and O–H groups in total. The zero-order valence-electron chi connectivity index (χ0n) is 13.7. The Kier molecular flexibility index (Phi) is 5.63. The van der Waals surface area contributed by atoms with Crippen molar-refractivity contribution in [2.75, 3.05) is 23.7 Å². The van der Waals surface area contributed by atoms with E-state index in [1.54, 1.807) is 24.2 Å². The summed E-state index contributed by atoms with van der Waals surface area (Å²) < 4.78 is 0. The first-order valence-corrected chi connectivity index (χ1v) is 9.17. The largest absolute Gasteiger partial charge is 0.353 e. The van der Waals surface area contributed by atoms with E-state index in [1.807, 2.05) is 24.3 Å². The van der Waals surface area contributed by atoms with Crippen LogP contribution >= 0.6 is 11.8 Å². The molecule has 0 aromatic carbocycles. The Morgan fingerprint density at radius 3 is 3.04 bits per heavy atom. The molecule has 0 aliphatic carbocycles. The van der Waals surface area contributed by atoms with Crippen molar-refractivity contribution in [1.82, 2.24) is 20.5 Å². The number of anilines is 1. The number of nitrogens with one attached hydrogen (secondary N) is 1. The number of thioether (sulfide) groups is 1. The van der Waals surface area contributed by atoms with Crippen molar-refractivity contribution in [3.05, 3.63) is 42.2 Å². The zero-order valence-corrected chi connectivity index (χ0v) is 14.5. The number of piperidine rings is 1. The summed E-state index contributed by atoms with van der Waals surface area (Å²) in [7, 11) is 0. The van der Waals surface area contributed by atoms with Crippen molar-refractivity contribution < 1.29 is 4.79 Å². The van der Waals surface area contributed by atoms with E-state index in [4.69, 9.17) is 0 Å². The van der Waals surface area contributed by atoms with Gasteiger partial charge in [-0.3, -0.25) is 4.79 Å². The number of rotatable bonds is 5. The monoisotopic (exact) mass is 343 g/mol. The molecule has 0 saturated carbocycles. The molecule has 2 aromatic rings. The number of aromatic nitrogens is 3. The fourth-order valence-electron chi connectivity index (χ4n) is 2.78. The molecule has 126 valence electrons. The highest BCUT2D eigenvalue weighted by Gasteiger charge is 2.23. The molecule has 1 atom stereocenters. The van der Waals surface area contributed by atoms with Gasteiger partial charge >= 0.3 is 0 Å². The molecule has 1 fully saturated rings. The van der Waals surface area contributed by atoms with Crippen molar-refractivity contribution in [3.8, 4) is 0 Å². The SMILES string of the molecule is CCSc1ccc(C(=O)N[C@H]2CCCN(c3cccnn3)C2)cn1. The van der Waals surface area contributed by atoms with Crippen molar-refractivity contribution in [1.29, 1.82) is 0 Å². The Morgan fingerprint density at radius 2 is 2.33 bits per heavy atom. The average molecular weight is 343 g/mol. The Balaban J connectivity index is 1.59. The summed E-state index contributed by atoms with van der Waals surface area (Å²) in [4.78, 5) is 18.9. The molecular weight excluding hydrogens is 322 g/mol. The lowest BCUT2D eigenvalue weighted by Gasteiger charge is -2.33. The standard InChI is InChI=1S/C17H21N5OS/c1-2-24-16-8-7-13(11-18-16)17(23)20-14-5-4-10-22(12-14)15-6-3-9-19-21-15/h3,6-9,11,14H,2,4-5,10,12H2,1H3,(H,20,23)/t14-/m0/s1. The van der Waals surface area contributed by atoms with E-state index in [-0.39, 0.29) is 11.9 Å². The van der Waals surface area contributed by atoms with E-state index in [9.17, 15) is 4.79 Å². The molecule has 7 heteroatoms. The van der Waals surface area contributed by atoms with Crippen LogP contribution in [0.3, 0.4) is 0 Å². The minimum absolute atomic E-state index is 0.0680. The van der Waals surface area contributed by atoms with Gasteiger partial charge in [0.1, 0.15) is 0 Å². The molecule has 2 aromatic heterocycles. The topological polar surface area (TPSA) is 71.0 Å². The number of carbonyl (C=O) groups is 1. The van der Waals surface area contributed by atoms with Crippen LogP contribution in [-0.2, 0) is 0 Å². The highest BCUT2D eigenvalue weighted by atomic mass is 32.2. The molecule has 6 nitrogen and oxygen atoms in total. The van der Waals surface area contributed by atoms with E-state index in [2.05, 4.69) is 32.3 Å². The first kappa shape index (κ1) is 16.7. The molecular formula is C17H21N5OS. The Labute approximate surface area is 146 Å². The lowest BCUT2D eigenvalue weighted by Crippen LogP contribution is -2.48. The molecule has 3 rings (SSSR count). The van der Waals surface area contributed by atoms with Crippen LogP contribution < -0.4 is 10.2 Å². The minimum atomic E-state index is -0.0680. The third kappa shape index (κ3) is 4.23. The van der Waals surface area contributed by atoms with Gasteiger partial charge in [0, 0.05) is 31.5 Å². The quantitative estimate of drug-likeness (QED) is 0.841. The number of hydrogen-bond donors (Lipinski definition) is 1. The van der Waals surface area contributed by atoms with Crippen LogP contribution in [-0.4, -0.2) is 46.0 Å². The highest BCUT2D eigenvalue weighted by Crippen LogP contribution is 2.18. The van der Waals surface area contributed by atoms with Crippen LogP contribution in [0.5, 0.6) is 0 Å². The van der Waals surface area contributed by atoms with Crippen molar-refractivity contribution in [2.45, 2.75) is 30.8 Å². The van der Waals surface area contributed by atoms with Crippen molar-refractivity contribution in [2.24, 2.45) is 0 Å². The van der Waals surface area contributed by atoms with Gasteiger partial charge in [0.15, 0.2) is 5.82 Å². The van der Waals surface area contributed by atoms with Gasteiger partial charge in [0.2, 0.25) is 0 Å². The molecule has 0 spiro atoms.